The molecule has 1 aliphatic heterocycles. The van der Waals surface area contributed by atoms with Gasteiger partial charge in [0.05, 0.1) is 5.69 Å². The second-order valence-electron chi connectivity index (χ2n) is 6.38. The lowest BCUT2D eigenvalue weighted by molar-refractivity contribution is 0.203. The number of ether oxygens (including phenoxy) is 1. The van der Waals surface area contributed by atoms with Gasteiger partial charge >= 0.3 is 0 Å². The molecule has 1 unspecified atom stereocenters. The van der Waals surface area contributed by atoms with Gasteiger partial charge in [-0.3, -0.25) is 0 Å². The van der Waals surface area contributed by atoms with Crippen molar-refractivity contribution in [2.45, 2.75) is 38.8 Å². The van der Waals surface area contributed by atoms with Gasteiger partial charge in [0.1, 0.15) is 12.1 Å². The van der Waals surface area contributed by atoms with Crippen LogP contribution in [0.4, 0.5) is 0 Å². The SMILES string of the molecule is C[C@H]1CCc2c(ncnc2C2CNCc3ccccc3O2)C1. The summed E-state index contributed by atoms with van der Waals surface area (Å²) < 4.78 is 6.28. The Morgan fingerprint density at radius 2 is 2.14 bits per heavy atom. The van der Waals surface area contributed by atoms with Crippen molar-refractivity contribution in [3.63, 3.8) is 0 Å². The average Bonchev–Trinajstić information content (AvgIpc) is 2.76. The van der Waals surface area contributed by atoms with Crippen molar-refractivity contribution >= 4 is 0 Å². The van der Waals surface area contributed by atoms with Crippen LogP contribution in [-0.2, 0) is 19.4 Å². The lowest BCUT2D eigenvalue weighted by Gasteiger charge is -2.25. The minimum Gasteiger partial charge on any atom is -0.482 e. The van der Waals surface area contributed by atoms with Crippen LogP contribution in [0.1, 0.15) is 42.0 Å². The van der Waals surface area contributed by atoms with Gasteiger partial charge in [-0.25, -0.2) is 9.97 Å². The molecule has 0 saturated carbocycles. The fourth-order valence-electron chi connectivity index (χ4n) is 3.46. The molecule has 2 aliphatic rings. The Bertz CT molecular complexity index is 686. The monoisotopic (exact) mass is 295 g/mol. The predicted octanol–water partition coefficient (Wildman–Crippen LogP) is 2.82. The largest absolute Gasteiger partial charge is 0.482 e. The molecule has 1 aromatic carbocycles. The zero-order valence-corrected chi connectivity index (χ0v) is 12.9. The summed E-state index contributed by atoms with van der Waals surface area (Å²) in [5, 5.41) is 3.48. The van der Waals surface area contributed by atoms with E-state index in [9.17, 15) is 0 Å². The van der Waals surface area contributed by atoms with Gasteiger partial charge in [-0.1, -0.05) is 25.1 Å². The van der Waals surface area contributed by atoms with E-state index in [1.165, 1.54) is 23.2 Å². The van der Waals surface area contributed by atoms with Gasteiger partial charge in [-0.2, -0.15) is 0 Å². The number of para-hydroxylation sites is 1. The number of hydrogen-bond donors (Lipinski definition) is 1. The topological polar surface area (TPSA) is 47.0 Å². The Labute approximate surface area is 130 Å². The van der Waals surface area contributed by atoms with Crippen molar-refractivity contribution < 1.29 is 4.74 Å². The highest BCUT2D eigenvalue weighted by Crippen LogP contribution is 2.32. The van der Waals surface area contributed by atoms with E-state index in [0.717, 1.165) is 37.4 Å². The van der Waals surface area contributed by atoms with Crippen molar-refractivity contribution in [1.82, 2.24) is 15.3 Å². The standard InChI is InChI=1S/C18H21N3O/c1-12-6-7-14-15(8-12)20-11-21-18(14)17-10-19-9-13-4-2-3-5-16(13)22-17/h2-5,11-12,17,19H,6-10H2,1H3/t12-,17?/m0/s1. The lowest BCUT2D eigenvalue weighted by atomic mass is 9.86. The van der Waals surface area contributed by atoms with Crippen molar-refractivity contribution in [3.05, 3.63) is 53.1 Å². The van der Waals surface area contributed by atoms with E-state index in [-0.39, 0.29) is 6.10 Å². The molecule has 0 radical (unpaired) electrons. The van der Waals surface area contributed by atoms with E-state index >= 15 is 0 Å². The molecule has 1 aromatic heterocycles. The fourth-order valence-corrected chi connectivity index (χ4v) is 3.46. The maximum absolute atomic E-state index is 6.28. The molecule has 0 bridgehead atoms. The van der Waals surface area contributed by atoms with E-state index in [1.54, 1.807) is 6.33 Å². The maximum atomic E-state index is 6.28. The fraction of sp³-hybridized carbons (Fsp3) is 0.444. The van der Waals surface area contributed by atoms with Gasteiger partial charge in [-0.15, -0.1) is 0 Å². The Morgan fingerprint density at radius 3 is 3.09 bits per heavy atom. The van der Waals surface area contributed by atoms with E-state index in [2.05, 4.69) is 34.3 Å². The maximum Gasteiger partial charge on any atom is 0.153 e. The van der Waals surface area contributed by atoms with Crippen LogP contribution in [-0.4, -0.2) is 16.5 Å². The number of nitrogens with one attached hydrogen (secondary N) is 1. The first kappa shape index (κ1) is 13.7. The molecule has 0 spiro atoms. The van der Waals surface area contributed by atoms with Gasteiger partial charge in [0, 0.05) is 24.3 Å². The minimum atomic E-state index is -0.0335. The molecular weight excluding hydrogens is 274 g/mol. The van der Waals surface area contributed by atoms with Crippen LogP contribution in [0.15, 0.2) is 30.6 Å². The molecule has 4 heteroatoms. The van der Waals surface area contributed by atoms with Crippen LogP contribution in [0.3, 0.4) is 0 Å². The normalized spacial score (nSPS) is 23.9. The highest BCUT2D eigenvalue weighted by atomic mass is 16.5. The van der Waals surface area contributed by atoms with Crippen molar-refractivity contribution in [3.8, 4) is 5.75 Å². The zero-order chi connectivity index (χ0) is 14.9. The number of hydrogen-bond acceptors (Lipinski definition) is 4. The molecule has 1 N–H and O–H groups in total. The molecule has 0 saturated heterocycles. The Morgan fingerprint density at radius 1 is 1.23 bits per heavy atom. The molecule has 0 fully saturated rings. The average molecular weight is 295 g/mol. The number of benzene rings is 1. The van der Waals surface area contributed by atoms with Gasteiger partial charge in [0.25, 0.3) is 0 Å². The molecule has 0 amide bonds. The quantitative estimate of drug-likeness (QED) is 0.879. The summed E-state index contributed by atoms with van der Waals surface area (Å²) in [6.45, 7) is 3.93. The van der Waals surface area contributed by atoms with E-state index in [4.69, 9.17) is 4.74 Å². The first-order valence-electron chi connectivity index (χ1n) is 8.09. The molecule has 114 valence electrons. The molecule has 2 heterocycles. The van der Waals surface area contributed by atoms with E-state index < -0.39 is 0 Å². The van der Waals surface area contributed by atoms with Crippen LogP contribution >= 0.6 is 0 Å². The second kappa shape index (κ2) is 5.69. The summed E-state index contributed by atoms with van der Waals surface area (Å²) in [7, 11) is 0. The van der Waals surface area contributed by atoms with Crippen molar-refractivity contribution in [2.24, 2.45) is 5.92 Å². The molecule has 4 rings (SSSR count). The van der Waals surface area contributed by atoms with Crippen LogP contribution in [0.2, 0.25) is 0 Å². The van der Waals surface area contributed by atoms with E-state index in [0.29, 0.717) is 5.92 Å². The third kappa shape index (κ3) is 2.48. The first-order valence-corrected chi connectivity index (χ1v) is 8.09. The summed E-state index contributed by atoms with van der Waals surface area (Å²) >= 11 is 0. The number of rotatable bonds is 1. The zero-order valence-electron chi connectivity index (χ0n) is 12.9. The minimum absolute atomic E-state index is 0.0335. The molecular formula is C18H21N3O. The number of fused-ring (bicyclic) bond motifs is 2. The molecule has 22 heavy (non-hydrogen) atoms. The Hall–Kier alpha value is -1.94. The van der Waals surface area contributed by atoms with Gasteiger partial charge in [0.15, 0.2) is 6.10 Å². The molecule has 4 nitrogen and oxygen atoms in total. The molecule has 1 aliphatic carbocycles. The highest BCUT2D eigenvalue weighted by Gasteiger charge is 2.27. The van der Waals surface area contributed by atoms with Crippen LogP contribution < -0.4 is 10.1 Å². The van der Waals surface area contributed by atoms with Crippen molar-refractivity contribution in [2.75, 3.05) is 6.54 Å². The van der Waals surface area contributed by atoms with Gasteiger partial charge < -0.3 is 10.1 Å². The summed E-state index contributed by atoms with van der Waals surface area (Å²) in [6.07, 6.45) is 5.00. The Kier molecular flexibility index (Phi) is 3.54. The summed E-state index contributed by atoms with van der Waals surface area (Å²) in [5.41, 5.74) is 4.80. The predicted molar refractivity (Wildman–Crippen MR) is 84.7 cm³/mol. The third-order valence-corrected chi connectivity index (χ3v) is 4.69. The Balaban J connectivity index is 1.69. The highest BCUT2D eigenvalue weighted by molar-refractivity contribution is 5.36. The molecule has 2 atom stereocenters. The van der Waals surface area contributed by atoms with Crippen LogP contribution in [0, 0.1) is 5.92 Å². The summed E-state index contributed by atoms with van der Waals surface area (Å²) in [5.74, 6) is 1.68. The van der Waals surface area contributed by atoms with Crippen LogP contribution in [0.25, 0.3) is 0 Å². The van der Waals surface area contributed by atoms with E-state index in [1.807, 2.05) is 12.1 Å². The number of nitrogens with zero attached hydrogens (tertiary/aromatic N) is 2. The molecule has 2 aromatic rings. The lowest BCUT2D eigenvalue weighted by Crippen LogP contribution is -2.25. The first-order chi connectivity index (χ1) is 10.8. The smallest absolute Gasteiger partial charge is 0.153 e. The summed E-state index contributed by atoms with van der Waals surface area (Å²) in [4.78, 5) is 9.09. The number of aromatic nitrogens is 2. The summed E-state index contributed by atoms with van der Waals surface area (Å²) in [6, 6.07) is 8.24. The van der Waals surface area contributed by atoms with Crippen LogP contribution in [0.5, 0.6) is 5.75 Å². The third-order valence-electron chi connectivity index (χ3n) is 4.69. The van der Waals surface area contributed by atoms with Gasteiger partial charge in [-0.05, 0) is 36.8 Å². The van der Waals surface area contributed by atoms with Crippen molar-refractivity contribution in [1.29, 1.82) is 0 Å². The van der Waals surface area contributed by atoms with Gasteiger partial charge in [0.2, 0.25) is 0 Å². The second-order valence-corrected chi connectivity index (χ2v) is 6.38.